The molecule has 0 saturated heterocycles. The summed E-state index contributed by atoms with van der Waals surface area (Å²) in [7, 11) is 0. The molecule has 1 aromatic heterocycles. The summed E-state index contributed by atoms with van der Waals surface area (Å²) in [6.07, 6.45) is 2.04. The van der Waals surface area contributed by atoms with Crippen LogP contribution in [0.5, 0.6) is 0 Å². The first-order valence-electron chi connectivity index (χ1n) is 3.82. The molecule has 64 valence electrons. The summed E-state index contributed by atoms with van der Waals surface area (Å²) in [5, 5.41) is 3.93. The van der Waals surface area contributed by atoms with Gasteiger partial charge in [-0.1, -0.05) is 18.2 Å². The monoisotopic (exact) mass is 173 g/mol. The minimum atomic E-state index is 0.311. The number of carbonyl (C=O) groups is 1. The zero-order chi connectivity index (χ0) is 9.10. The number of benzene rings is 1. The fourth-order valence-electron chi connectivity index (χ4n) is 1.10. The molecule has 1 aromatic carbocycles. The molecule has 13 heavy (non-hydrogen) atoms. The minimum absolute atomic E-state index is 0.311. The van der Waals surface area contributed by atoms with Crippen LogP contribution in [0.25, 0.3) is 5.69 Å². The van der Waals surface area contributed by atoms with E-state index in [0.29, 0.717) is 12.1 Å². The molecule has 4 nitrogen and oxygen atoms in total. The molecule has 0 aliphatic rings. The van der Waals surface area contributed by atoms with Gasteiger partial charge in [0, 0.05) is 0 Å². The first-order valence-corrected chi connectivity index (χ1v) is 3.82. The highest BCUT2D eigenvalue weighted by Gasteiger charge is 2.02. The van der Waals surface area contributed by atoms with E-state index < -0.39 is 0 Å². The Kier molecular flexibility index (Phi) is 1.88. The molecule has 0 aliphatic heterocycles. The fraction of sp³-hybridized carbons (Fsp3) is 0. The average molecular weight is 173 g/mol. The normalized spacial score (nSPS) is 9.85. The van der Waals surface area contributed by atoms with E-state index in [9.17, 15) is 4.79 Å². The van der Waals surface area contributed by atoms with Crippen molar-refractivity contribution in [2.75, 3.05) is 0 Å². The van der Waals surface area contributed by atoms with E-state index in [1.54, 1.807) is 0 Å². The molecule has 0 spiro atoms. The Hall–Kier alpha value is -1.97. The van der Waals surface area contributed by atoms with Crippen molar-refractivity contribution in [3.05, 3.63) is 42.5 Å². The summed E-state index contributed by atoms with van der Waals surface area (Å²) in [6.45, 7) is 0. The third-order valence-corrected chi connectivity index (χ3v) is 1.68. The Bertz CT molecular complexity index is 408. The lowest BCUT2D eigenvalue weighted by Gasteiger charge is -1.99. The van der Waals surface area contributed by atoms with E-state index in [-0.39, 0.29) is 0 Å². The Morgan fingerprint density at radius 2 is 2.00 bits per heavy atom. The van der Waals surface area contributed by atoms with E-state index in [0.717, 1.165) is 5.69 Å². The Labute approximate surface area is 74.8 Å². The predicted molar refractivity (Wildman–Crippen MR) is 46.7 cm³/mol. The number of para-hydroxylation sites is 1. The summed E-state index contributed by atoms with van der Waals surface area (Å²) < 4.78 is 1.49. The zero-order valence-corrected chi connectivity index (χ0v) is 6.79. The molecule has 2 aromatic rings. The van der Waals surface area contributed by atoms with Crippen molar-refractivity contribution >= 4 is 6.29 Å². The molecular formula is C9H7N3O. The molecule has 0 amide bonds. The van der Waals surface area contributed by atoms with Crippen LogP contribution in [-0.2, 0) is 0 Å². The molecule has 0 bridgehead atoms. The lowest BCUT2D eigenvalue weighted by atomic mass is 10.3. The van der Waals surface area contributed by atoms with Gasteiger partial charge in [0.1, 0.15) is 6.33 Å². The van der Waals surface area contributed by atoms with E-state index >= 15 is 0 Å². The van der Waals surface area contributed by atoms with Crippen LogP contribution in [0, 0.1) is 0 Å². The molecule has 0 saturated carbocycles. The number of aldehydes is 1. The van der Waals surface area contributed by atoms with Crippen LogP contribution < -0.4 is 0 Å². The number of rotatable bonds is 2. The Balaban J connectivity index is 2.52. The number of hydrogen-bond acceptors (Lipinski definition) is 3. The second-order valence-corrected chi connectivity index (χ2v) is 2.48. The van der Waals surface area contributed by atoms with Gasteiger partial charge in [0.2, 0.25) is 0 Å². The van der Waals surface area contributed by atoms with E-state index in [1.807, 2.05) is 30.3 Å². The SMILES string of the molecule is O=Cc1ncnn1-c1ccccc1. The number of carbonyl (C=O) groups excluding carboxylic acids is 1. The second kappa shape index (κ2) is 3.18. The molecule has 0 radical (unpaired) electrons. The summed E-state index contributed by atoms with van der Waals surface area (Å²) >= 11 is 0. The molecule has 0 N–H and O–H groups in total. The number of hydrogen-bond donors (Lipinski definition) is 0. The summed E-state index contributed by atoms with van der Waals surface area (Å²) in [4.78, 5) is 14.3. The van der Waals surface area contributed by atoms with Gasteiger partial charge in [-0.25, -0.2) is 9.67 Å². The molecule has 0 atom stereocenters. The van der Waals surface area contributed by atoms with Crippen molar-refractivity contribution in [3.63, 3.8) is 0 Å². The first-order chi connectivity index (χ1) is 6.42. The van der Waals surface area contributed by atoms with Crippen molar-refractivity contribution in [3.8, 4) is 5.69 Å². The van der Waals surface area contributed by atoms with E-state index in [4.69, 9.17) is 0 Å². The lowest BCUT2D eigenvalue weighted by Crippen LogP contribution is -2.01. The van der Waals surface area contributed by atoms with Gasteiger partial charge >= 0.3 is 0 Å². The number of aromatic nitrogens is 3. The highest BCUT2D eigenvalue weighted by molar-refractivity contribution is 5.70. The van der Waals surface area contributed by atoms with Crippen molar-refractivity contribution in [1.82, 2.24) is 14.8 Å². The van der Waals surface area contributed by atoms with Crippen LogP contribution in [0.4, 0.5) is 0 Å². The van der Waals surface area contributed by atoms with Crippen LogP contribution in [0.3, 0.4) is 0 Å². The predicted octanol–water partition coefficient (Wildman–Crippen LogP) is 1.08. The third-order valence-electron chi connectivity index (χ3n) is 1.68. The summed E-state index contributed by atoms with van der Waals surface area (Å²) in [6, 6.07) is 9.39. The molecule has 0 unspecified atom stereocenters. The van der Waals surface area contributed by atoms with Crippen molar-refractivity contribution in [2.45, 2.75) is 0 Å². The minimum Gasteiger partial charge on any atom is -0.294 e. The Morgan fingerprint density at radius 3 is 2.69 bits per heavy atom. The van der Waals surface area contributed by atoms with Gasteiger partial charge in [-0.3, -0.25) is 4.79 Å². The van der Waals surface area contributed by atoms with Gasteiger partial charge in [0.15, 0.2) is 12.1 Å². The molecule has 4 heteroatoms. The average Bonchev–Trinajstić information content (AvgIpc) is 2.67. The summed E-state index contributed by atoms with van der Waals surface area (Å²) in [5.74, 6) is 0.311. The van der Waals surface area contributed by atoms with Gasteiger partial charge in [-0.2, -0.15) is 5.10 Å². The molecule has 0 aliphatic carbocycles. The van der Waals surface area contributed by atoms with Crippen molar-refractivity contribution < 1.29 is 4.79 Å². The Morgan fingerprint density at radius 1 is 1.23 bits per heavy atom. The van der Waals surface area contributed by atoms with Crippen LogP contribution >= 0.6 is 0 Å². The standard InChI is InChI=1S/C9H7N3O/c13-6-9-10-7-11-12(9)8-4-2-1-3-5-8/h1-7H. The fourth-order valence-corrected chi connectivity index (χ4v) is 1.10. The topological polar surface area (TPSA) is 47.8 Å². The van der Waals surface area contributed by atoms with E-state index in [2.05, 4.69) is 10.1 Å². The largest absolute Gasteiger partial charge is 0.294 e. The van der Waals surface area contributed by atoms with Gasteiger partial charge in [0.05, 0.1) is 5.69 Å². The highest BCUT2D eigenvalue weighted by Crippen LogP contribution is 2.05. The molecule has 0 fully saturated rings. The van der Waals surface area contributed by atoms with Gasteiger partial charge in [-0.15, -0.1) is 0 Å². The van der Waals surface area contributed by atoms with Gasteiger partial charge in [0.25, 0.3) is 0 Å². The summed E-state index contributed by atoms with van der Waals surface area (Å²) in [5.41, 5.74) is 0.835. The second-order valence-electron chi connectivity index (χ2n) is 2.48. The number of nitrogens with zero attached hydrogens (tertiary/aromatic N) is 3. The quantitative estimate of drug-likeness (QED) is 0.638. The highest BCUT2D eigenvalue weighted by atomic mass is 16.1. The maximum atomic E-state index is 10.5. The van der Waals surface area contributed by atoms with Crippen LogP contribution in [-0.4, -0.2) is 21.1 Å². The molecular weight excluding hydrogens is 166 g/mol. The molecule has 2 rings (SSSR count). The maximum absolute atomic E-state index is 10.5. The van der Waals surface area contributed by atoms with Crippen molar-refractivity contribution in [1.29, 1.82) is 0 Å². The van der Waals surface area contributed by atoms with Crippen molar-refractivity contribution in [2.24, 2.45) is 0 Å². The van der Waals surface area contributed by atoms with E-state index in [1.165, 1.54) is 11.0 Å². The van der Waals surface area contributed by atoms with Gasteiger partial charge in [-0.05, 0) is 12.1 Å². The zero-order valence-electron chi connectivity index (χ0n) is 6.79. The van der Waals surface area contributed by atoms with Crippen LogP contribution in [0.2, 0.25) is 0 Å². The molecule has 1 heterocycles. The lowest BCUT2D eigenvalue weighted by molar-refractivity contribution is 0.111. The van der Waals surface area contributed by atoms with Crippen LogP contribution in [0.15, 0.2) is 36.7 Å². The van der Waals surface area contributed by atoms with Crippen LogP contribution in [0.1, 0.15) is 10.6 Å². The first kappa shape index (κ1) is 7.67. The smallest absolute Gasteiger partial charge is 0.196 e. The third kappa shape index (κ3) is 1.33. The maximum Gasteiger partial charge on any atom is 0.196 e. The van der Waals surface area contributed by atoms with Gasteiger partial charge < -0.3 is 0 Å².